The van der Waals surface area contributed by atoms with Crippen LogP contribution in [0, 0.1) is 6.92 Å². The first-order valence-corrected chi connectivity index (χ1v) is 9.89. The Kier molecular flexibility index (Phi) is 6.53. The van der Waals surface area contributed by atoms with Gasteiger partial charge in [-0.05, 0) is 36.6 Å². The molecule has 1 atom stereocenters. The highest BCUT2D eigenvalue weighted by molar-refractivity contribution is 8.15. The molecule has 27 heavy (non-hydrogen) atoms. The first-order valence-electron chi connectivity index (χ1n) is 8.64. The summed E-state index contributed by atoms with van der Waals surface area (Å²) in [5, 5.41) is 6.27. The summed E-state index contributed by atoms with van der Waals surface area (Å²) in [6.45, 7) is 2.43. The predicted molar refractivity (Wildman–Crippen MR) is 111 cm³/mol. The Morgan fingerprint density at radius 1 is 1.22 bits per heavy atom. The lowest BCUT2D eigenvalue weighted by Gasteiger charge is -2.10. The zero-order valence-corrected chi connectivity index (χ0v) is 16.4. The summed E-state index contributed by atoms with van der Waals surface area (Å²) in [6, 6.07) is 15.4. The monoisotopic (exact) mass is 401 g/mol. The normalized spacial score (nSPS) is 17.8. The molecule has 1 aliphatic rings. The Bertz CT molecular complexity index is 871. The van der Waals surface area contributed by atoms with Crippen molar-refractivity contribution in [3.63, 3.8) is 0 Å². The lowest BCUT2D eigenvalue weighted by molar-refractivity contribution is -0.122. The van der Waals surface area contributed by atoms with Crippen LogP contribution in [0.2, 0.25) is 5.02 Å². The zero-order valence-electron chi connectivity index (χ0n) is 14.9. The molecule has 0 bridgehead atoms. The third kappa shape index (κ3) is 5.34. The molecule has 0 aliphatic carbocycles. The molecule has 0 unspecified atom stereocenters. The van der Waals surface area contributed by atoms with Crippen molar-refractivity contribution in [2.45, 2.75) is 25.0 Å². The SMILES string of the molecule is Cc1c(Cl)cccc1NC(=O)C[C@H]1SC(=NCCc2ccccc2)NC1=O. The van der Waals surface area contributed by atoms with E-state index in [0.29, 0.717) is 22.4 Å². The van der Waals surface area contributed by atoms with Gasteiger partial charge in [0.25, 0.3) is 0 Å². The molecule has 0 spiro atoms. The van der Waals surface area contributed by atoms with Crippen molar-refractivity contribution in [3.05, 3.63) is 64.7 Å². The van der Waals surface area contributed by atoms with E-state index in [1.165, 1.54) is 17.3 Å². The van der Waals surface area contributed by atoms with Crippen molar-refractivity contribution in [3.8, 4) is 0 Å². The number of hydrogen-bond acceptors (Lipinski definition) is 4. The summed E-state index contributed by atoms with van der Waals surface area (Å²) in [5.74, 6) is -0.407. The molecule has 2 aromatic carbocycles. The van der Waals surface area contributed by atoms with Crippen LogP contribution in [0.1, 0.15) is 17.5 Å². The van der Waals surface area contributed by atoms with Gasteiger partial charge in [0.15, 0.2) is 5.17 Å². The van der Waals surface area contributed by atoms with Gasteiger partial charge in [0, 0.05) is 23.7 Å². The molecule has 0 aromatic heterocycles. The van der Waals surface area contributed by atoms with Crippen molar-refractivity contribution in [1.29, 1.82) is 0 Å². The molecular weight excluding hydrogens is 382 g/mol. The fourth-order valence-electron chi connectivity index (χ4n) is 2.66. The topological polar surface area (TPSA) is 70.6 Å². The maximum absolute atomic E-state index is 12.3. The summed E-state index contributed by atoms with van der Waals surface area (Å²) >= 11 is 7.37. The average Bonchev–Trinajstić information content (AvgIpc) is 2.99. The molecule has 1 aliphatic heterocycles. The van der Waals surface area contributed by atoms with Crippen molar-refractivity contribution in [2.75, 3.05) is 11.9 Å². The van der Waals surface area contributed by atoms with Gasteiger partial charge in [0.2, 0.25) is 11.8 Å². The number of carbonyl (C=O) groups excluding carboxylic acids is 2. The van der Waals surface area contributed by atoms with Gasteiger partial charge in [-0.2, -0.15) is 0 Å². The molecule has 1 saturated heterocycles. The van der Waals surface area contributed by atoms with Crippen LogP contribution in [-0.2, 0) is 16.0 Å². The van der Waals surface area contributed by atoms with Crippen LogP contribution >= 0.6 is 23.4 Å². The number of nitrogens with zero attached hydrogens (tertiary/aromatic N) is 1. The summed E-state index contributed by atoms with van der Waals surface area (Å²) in [6.07, 6.45) is 0.889. The van der Waals surface area contributed by atoms with E-state index < -0.39 is 5.25 Å². The molecular formula is C20H20ClN3O2S. The molecule has 1 fully saturated rings. The van der Waals surface area contributed by atoms with Crippen LogP contribution in [0.5, 0.6) is 0 Å². The van der Waals surface area contributed by atoms with Gasteiger partial charge in [-0.25, -0.2) is 0 Å². The van der Waals surface area contributed by atoms with Gasteiger partial charge in [-0.1, -0.05) is 59.8 Å². The molecule has 0 saturated carbocycles. The third-order valence-corrected chi connectivity index (χ3v) is 5.72. The predicted octanol–water partition coefficient (Wildman–Crippen LogP) is 3.81. The number of thioether (sulfide) groups is 1. The molecule has 2 aromatic rings. The van der Waals surface area contributed by atoms with E-state index in [1.807, 2.05) is 37.3 Å². The molecule has 3 rings (SSSR count). The Labute approximate surface area is 167 Å². The quantitative estimate of drug-likeness (QED) is 0.773. The number of hydrogen-bond donors (Lipinski definition) is 2. The Balaban J connectivity index is 1.52. The Morgan fingerprint density at radius 3 is 2.78 bits per heavy atom. The number of carbonyl (C=O) groups is 2. The number of halogens is 1. The van der Waals surface area contributed by atoms with Gasteiger partial charge >= 0.3 is 0 Å². The highest BCUT2D eigenvalue weighted by atomic mass is 35.5. The number of amides is 2. The van der Waals surface area contributed by atoms with Crippen molar-refractivity contribution in [1.82, 2.24) is 5.32 Å². The lowest BCUT2D eigenvalue weighted by atomic mass is 10.2. The minimum Gasteiger partial charge on any atom is -0.326 e. The number of nitrogens with one attached hydrogen (secondary N) is 2. The van der Waals surface area contributed by atoms with Crippen LogP contribution in [-0.4, -0.2) is 28.8 Å². The van der Waals surface area contributed by atoms with Crippen molar-refractivity contribution in [2.24, 2.45) is 4.99 Å². The van der Waals surface area contributed by atoms with E-state index in [-0.39, 0.29) is 18.2 Å². The van der Waals surface area contributed by atoms with E-state index in [2.05, 4.69) is 15.6 Å². The third-order valence-electron chi connectivity index (χ3n) is 4.19. The minimum absolute atomic E-state index is 0.0835. The Morgan fingerprint density at radius 2 is 2.00 bits per heavy atom. The van der Waals surface area contributed by atoms with Crippen molar-refractivity contribution >= 4 is 46.0 Å². The van der Waals surface area contributed by atoms with Crippen molar-refractivity contribution < 1.29 is 9.59 Å². The Hall–Kier alpha value is -2.31. The van der Waals surface area contributed by atoms with Gasteiger partial charge in [0.1, 0.15) is 5.25 Å². The molecule has 0 radical (unpaired) electrons. The van der Waals surface area contributed by atoms with E-state index in [0.717, 1.165) is 12.0 Å². The second-order valence-corrected chi connectivity index (χ2v) is 7.78. The summed E-state index contributed by atoms with van der Waals surface area (Å²) in [7, 11) is 0. The summed E-state index contributed by atoms with van der Waals surface area (Å²) in [4.78, 5) is 28.8. The van der Waals surface area contributed by atoms with Crippen LogP contribution in [0.15, 0.2) is 53.5 Å². The molecule has 5 nitrogen and oxygen atoms in total. The molecule has 1 heterocycles. The minimum atomic E-state index is -0.472. The van der Waals surface area contributed by atoms with Gasteiger partial charge < -0.3 is 10.6 Å². The average molecular weight is 402 g/mol. The largest absolute Gasteiger partial charge is 0.326 e. The maximum Gasteiger partial charge on any atom is 0.240 e. The number of aliphatic imine (C=N–C) groups is 1. The molecule has 7 heteroatoms. The first kappa shape index (κ1) is 19.5. The number of anilines is 1. The number of benzene rings is 2. The molecule has 2 amide bonds. The van der Waals surface area contributed by atoms with Crippen LogP contribution in [0.3, 0.4) is 0 Å². The standard InChI is InChI=1S/C20H20ClN3O2S/c1-13-15(21)8-5-9-16(13)23-18(25)12-17-19(26)24-20(27-17)22-11-10-14-6-3-2-4-7-14/h2-9,17H,10-12H2,1H3,(H,23,25)(H,22,24,26)/t17-/m1/s1. The van der Waals surface area contributed by atoms with E-state index in [9.17, 15) is 9.59 Å². The fraction of sp³-hybridized carbons (Fsp3) is 0.250. The van der Waals surface area contributed by atoms with E-state index >= 15 is 0 Å². The summed E-state index contributed by atoms with van der Waals surface area (Å²) in [5.41, 5.74) is 2.66. The van der Waals surface area contributed by atoms with Gasteiger partial charge in [0.05, 0.1) is 0 Å². The molecule has 140 valence electrons. The van der Waals surface area contributed by atoms with Gasteiger partial charge in [-0.3, -0.25) is 14.6 Å². The van der Waals surface area contributed by atoms with Gasteiger partial charge in [-0.15, -0.1) is 0 Å². The lowest BCUT2D eigenvalue weighted by Crippen LogP contribution is -2.28. The zero-order chi connectivity index (χ0) is 19.2. The smallest absolute Gasteiger partial charge is 0.240 e. The second-order valence-electron chi connectivity index (χ2n) is 6.18. The molecule has 2 N–H and O–H groups in total. The maximum atomic E-state index is 12.3. The van der Waals surface area contributed by atoms with Crippen LogP contribution in [0.25, 0.3) is 0 Å². The number of rotatable bonds is 6. The fourth-order valence-corrected chi connectivity index (χ4v) is 3.83. The highest BCUT2D eigenvalue weighted by Crippen LogP contribution is 2.25. The van der Waals surface area contributed by atoms with E-state index in [1.54, 1.807) is 18.2 Å². The second kappa shape index (κ2) is 9.06. The number of amidine groups is 1. The van der Waals surface area contributed by atoms with Crippen LogP contribution < -0.4 is 10.6 Å². The highest BCUT2D eigenvalue weighted by Gasteiger charge is 2.32. The van der Waals surface area contributed by atoms with E-state index in [4.69, 9.17) is 11.6 Å². The summed E-state index contributed by atoms with van der Waals surface area (Å²) < 4.78 is 0. The first-order chi connectivity index (χ1) is 13.0. The van der Waals surface area contributed by atoms with Crippen LogP contribution in [0.4, 0.5) is 5.69 Å².